The molecule has 1 aromatic heterocycles. The molecule has 14 heteroatoms. The van der Waals surface area contributed by atoms with Crippen molar-refractivity contribution >= 4 is 27.0 Å². The largest absolute Gasteiger partial charge is 0.459 e. The predicted molar refractivity (Wildman–Crippen MR) is 125 cm³/mol. The first-order valence-corrected chi connectivity index (χ1v) is 13.2. The highest BCUT2D eigenvalue weighted by molar-refractivity contribution is 7.90. The van der Waals surface area contributed by atoms with E-state index in [2.05, 4.69) is 10.1 Å². The summed E-state index contributed by atoms with van der Waals surface area (Å²) in [6.45, 7) is 0.386. The lowest BCUT2D eigenvalue weighted by molar-refractivity contribution is -0.249. The number of rotatable bonds is 6. The van der Waals surface area contributed by atoms with Gasteiger partial charge in [-0.3, -0.25) is 9.99 Å². The second-order valence-electron chi connectivity index (χ2n) is 9.33. The molecular formula is C24H21F7N4O2S. The number of pyridine rings is 1. The monoisotopic (exact) mass is 562 g/mol. The Morgan fingerprint density at radius 3 is 2.34 bits per heavy atom. The van der Waals surface area contributed by atoms with Crippen molar-refractivity contribution in [1.29, 1.82) is 0 Å². The van der Waals surface area contributed by atoms with Crippen molar-refractivity contribution in [3.05, 3.63) is 65.5 Å². The van der Waals surface area contributed by atoms with Crippen LogP contribution in [-0.4, -0.2) is 53.9 Å². The first-order chi connectivity index (χ1) is 17.8. The molecule has 0 amide bonds. The Kier molecular flexibility index (Phi) is 6.53. The van der Waals surface area contributed by atoms with Crippen LogP contribution in [0.1, 0.15) is 43.0 Å². The quantitative estimate of drug-likeness (QED) is 0.440. The van der Waals surface area contributed by atoms with Crippen molar-refractivity contribution in [2.45, 2.75) is 49.1 Å². The summed E-state index contributed by atoms with van der Waals surface area (Å²) >= 11 is 0. The SMILES string of the molecule is O=S(=O)(C1CC1)N1CC=C(c2ccnc(C3CC(C(F)(F)C(F)(F)F)=NN3c3ccc(F)cc3F)c2)CC1. The van der Waals surface area contributed by atoms with Crippen LogP contribution in [0.2, 0.25) is 0 Å². The third kappa shape index (κ3) is 4.79. The number of sulfonamides is 1. The Balaban J connectivity index is 1.47. The average molecular weight is 563 g/mol. The van der Waals surface area contributed by atoms with E-state index in [0.717, 1.165) is 17.7 Å². The van der Waals surface area contributed by atoms with Crippen LogP contribution in [-0.2, 0) is 10.0 Å². The molecule has 0 saturated heterocycles. The van der Waals surface area contributed by atoms with Crippen molar-refractivity contribution in [2.75, 3.05) is 18.1 Å². The number of aromatic nitrogens is 1. The Morgan fingerprint density at radius 2 is 1.74 bits per heavy atom. The Hall–Kier alpha value is -3.00. The predicted octanol–water partition coefficient (Wildman–Crippen LogP) is 5.45. The summed E-state index contributed by atoms with van der Waals surface area (Å²) in [5.74, 6) is -7.44. The summed E-state index contributed by atoms with van der Waals surface area (Å²) in [5, 5.41) is 3.75. The second kappa shape index (κ2) is 9.33. The van der Waals surface area contributed by atoms with Gasteiger partial charge in [0.25, 0.3) is 0 Å². The molecule has 5 rings (SSSR count). The Bertz CT molecular complexity index is 1420. The standard InChI is InChI=1S/C24H21F7N4O2S/c25-16-1-4-20(18(26)12-16)35-21(13-22(33-35)23(27,28)24(29,30)31)19-11-15(5-8-32-19)14-6-9-34(10-7-14)38(36,37)17-2-3-17/h1,4-6,8,11-12,17,21H,2-3,7,9-10,13H2. The number of alkyl halides is 5. The van der Waals surface area contributed by atoms with Crippen LogP contribution in [0.15, 0.2) is 47.7 Å². The second-order valence-corrected chi connectivity index (χ2v) is 11.5. The molecule has 6 nitrogen and oxygen atoms in total. The zero-order valence-electron chi connectivity index (χ0n) is 19.6. The Morgan fingerprint density at radius 1 is 1.00 bits per heavy atom. The number of hydrazone groups is 1. The minimum Gasteiger partial charge on any atom is -0.259 e. The van der Waals surface area contributed by atoms with E-state index in [-0.39, 0.29) is 24.0 Å². The highest BCUT2D eigenvalue weighted by atomic mass is 32.2. The minimum absolute atomic E-state index is 0.0388. The summed E-state index contributed by atoms with van der Waals surface area (Å²) in [4.78, 5) is 4.13. The van der Waals surface area contributed by atoms with Gasteiger partial charge in [-0.15, -0.1) is 0 Å². The van der Waals surface area contributed by atoms with Crippen molar-refractivity contribution in [3.63, 3.8) is 0 Å². The maximum atomic E-state index is 14.6. The molecule has 0 bridgehead atoms. The fourth-order valence-corrected chi connectivity index (χ4v) is 6.32. The zero-order valence-corrected chi connectivity index (χ0v) is 20.4. The van der Waals surface area contributed by atoms with Gasteiger partial charge in [0.1, 0.15) is 17.6 Å². The van der Waals surface area contributed by atoms with Crippen molar-refractivity contribution in [3.8, 4) is 0 Å². The molecule has 1 atom stereocenters. The fourth-order valence-electron chi connectivity index (χ4n) is 4.53. The lowest BCUT2D eigenvalue weighted by Gasteiger charge is -2.27. The van der Waals surface area contributed by atoms with Crippen molar-refractivity contribution in [1.82, 2.24) is 9.29 Å². The summed E-state index contributed by atoms with van der Waals surface area (Å²) in [7, 11) is -3.36. The van der Waals surface area contributed by atoms with Crippen LogP contribution in [0.25, 0.3) is 5.57 Å². The molecule has 1 saturated carbocycles. The summed E-state index contributed by atoms with van der Waals surface area (Å²) in [5.41, 5.74) is -0.667. The van der Waals surface area contributed by atoms with Gasteiger partial charge in [0, 0.05) is 31.8 Å². The first-order valence-electron chi connectivity index (χ1n) is 11.7. The zero-order chi connectivity index (χ0) is 27.5. The lowest BCUT2D eigenvalue weighted by Crippen LogP contribution is -2.43. The van der Waals surface area contributed by atoms with Crippen molar-refractivity contribution < 1.29 is 39.2 Å². The molecule has 1 unspecified atom stereocenters. The maximum absolute atomic E-state index is 14.6. The van der Waals surface area contributed by atoms with Crippen LogP contribution in [0.3, 0.4) is 0 Å². The molecule has 0 spiro atoms. The summed E-state index contributed by atoms with van der Waals surface area (Å²) < 4.78 is 122. The number of nitrogens with zero attached hydrogens (tertiary/aromatic N) is 4. The van der Waals surface area contributed by atoms with E-state index in [1.54, 1.807) is 12.1 Å². The van der Waals surface area contributed by atoms with E-state index >= 15 is 0 Å². The fraction of sp³-hybridized carbons (Fsp3) is 0.417. The molecule has 3 heterocycles. The van der Waals surface area contributed by atoms with Gasteiger partial charge in [-0.1, -0.05) is 6.08 Å². The highest BCUT2D eigenvalue weighted by Gasteiger charge is 2.63. The normalized spacial score (nSPS) is 21.4. The number of hydrogen-bond donors (Lipinski definition) is 0. The number of anilines is 1. The lowest BCUT2D eigenvalue weighted by atomic mass is 9.97. The number of halogens is 7. The summed E-state index contributed by atoms with van der Waals surface area (Å²) in [6, 6.07) is 3.94. The average Bonchev–Trinajstić information content (AvgIpc) is 3.63. The smallest absolute Gasteiger partial charge is 0.259 e. The van der Waals surface area contributed by atoms with E-state index in [1.807, 2.05) is 0 Å². The van der Waals surface area contributed by atoms with Crippen LogP contribution in [0, 0.1) is 11.6 Å². The van der Waals surface area contributed by atoms with E-state index < -0.39 is 57.6 Å². The number of benzene rings is 1. The van der Waals surface area contributed by atoms with Gasteiger partial charge in [0.15, 0.2) is 5.82 Å². The maximum Gasteiger partial charge on any atom is 0.459 e. The molecular weight excluding hydrogens is 541 g/mol. The van der Waals surface area contributed by atoms with Gasteiger partial charge in [-0.05, 0) is 54.7 Å². The molecule has 1 aromatic carbocycles. The third-order valence-corrected chi connectivity index (χ3v) is 9.12. The van der Waals surface area contributed by atoms with Gasteiger partial charge in [0.05, 0.1) is 16.6 Å². The molecule has 0 radical (unpaired) electrons. The minimum atomic E-state index is -5.93. The van der Waals surface area contributed by atoms with Crippen molar-refractivity contribution in [2.24, 2.45) is 5.10 Å². The molecule has 1 aliphatic carbocycles. The van der Waals surface area contributed by atoms with E-state index in [4.69, 9.17) is 0 Å². The third-order valence-electron chi connectivity index (χ3n) is 6.76. The van der Waals surface area contributed by atoms with Gasteiger partial charge >= 0.3 is 12.1 Å². The molecule has 3 aliphatic rings. The van der Waals surface area contributed by atoms with Crippen LogP contribution in [0.5, 0.6) is 0 Å². The molecule has 38 heavy (non-hydrogen) atoms. The first kappa shape index (κ1) is 26.6. The van der Waals surface area contributed by atoms with Crippen LogP contribution < -0.4 is 5.01 Å². The van der Waals surface area contributed by atoms with Crippen LogP contribution in [0.4, 0.5) is 36.4 Å². The highest BCUT2D eigenvalue weighted by Crippen LogP contribution is 2.45. The summed E-state index contributed by atoms with van der Waals surface area (Å²) in [6.07, 6.45) is -2.18. The van der Waals surface area contributed by atoms with E-state index in [1.165, 1.54) is 16.6 Å². The van der Waals surface area contributed by atoms with E-state index in [9.17, 15) is 39.2 Å². The molecule has 1 fully saturated rings. The number of hydrogen-bond acceptors (Lipinski definition) is 5. The topological polar surface area (TPSA) is 65.9 Å². The molecule has 0 N–H and O–H groups in total. The molecule has 204 valence electrons. The molecule has 2 aliphatic heterocycles. The molecule has 2 aromatic rings. The van der Waals surface area contributed by atoms with Gasteiger partial charge in [-0.2, -0.15) is 31.4 Å². The van der Waals surface area contributed by atoms with Gasteiger partial charge in [-0.25, -0.2) is 17.2 Å². The Labute approximate surface area is 213 Å². The van der Waals surface area contributed by atoms with E-state index in [0.29, 0.717) is 35.9 Å². The van der Waals surface area contributed by atoms with Gasteiger partial charge in [0.2, 0.25) is 10.0 Å². The van der Waals surface area contributed by atoms with Crippen LogP contribution >= 0.6 is 0 Å². The van der Waals surface area contributed by atoms with Gasteiger partial charge < -0.3 is 0 Å².